The Kier molecular flexibility index (Phi) is 6.71. The number of benzene rings is 1. The van der Waals surface area contributed by atoms with Crippen molar-refractivity contribution in [3.8, 4) is 6.07 Å². The number of rotatable bonds is 7. The maximum Gasteiger partial charge on any atom is 0.238 e. The van der Waals surface area contributed by atoms with Crippen LogP contribution in [0, 0.1) is 11.3 Å². The molecule has 0 saturated heterocycles. The minimum absolute atomic E-state index is 0.0927. The van der Waals surface area contributed by atoms with Gasteiger partial charge in [-0.15, -0.1) is 0 Å². The number of hydrogen-bond acceptors (Lipinski definition) is 4. The number of anilines is 1. The van der Waals surface area contributed by atoms with Crippen molar-refractivity contribution in [2.45, 2.75) is 19.9 Å². The third-order valence-corrected chi connectivity index (χ3v) is 3.06. The van der Waals surface area contributed by atoms with E-state index in [1.165, 1.54) is 0 Å². The summed E-state index contributed by atoms with van der Waals surface area (Å²) in [7, 11) is 1.65. The molecule has 1 N–H and O–H groups in total. The molecular formula is C15H21N3O2. The van der Waals surface area contributed by atoms with Gasteiger partial charge in [-0.3, -0.25) is 9.69 Å². The zero-order chi connectivity index (χ0) is 15.0. The molecule has 0 bridgehead atoms. The van der Waals surface area contributed by atoms with E-state index in [1.54, 1.807) is 31.4 Å². The number of nitriles is 1. The van der Waals surface area contributed by atoms with Crippen LogP contribution in [-0.4, -0.2) is 43.7 Å². The Balaban J connectivity index is 2.59. The summed E-state index contributed by atoms with van der Waals surface area (Å²) in [5.74, 6) is -0.0927. The number of ether oxygens (including phenoxy) is 1. The topological polar surface area (TPSA) is 65.4 Å². The summed E-state index contributed by atoms with van der Waals surface area (Å²) in [6.07, 6.45) is 0. The second-order valence-electron chi connectivity index (χ2n) is 4.61. The molecule has 20 heavy (non-hydrogen) atoms. The van der Waals surface area contributed by atoms with E-state index >= 15 is 0 Å². The Bertz CT molecular complexity index is 482. The largest absolute Gasteiger partial charge is 0.383 e. The van der Waals surface area contributed by atoms with Gasteiger partial charge in [0, 0.05) is 18.8 Å². The van der Waals surface area contributed by atoms with Crippen LogP contribution >= 0.6 is 0 Å². The highest BCUT2D eigenvalue weighted by molar-refractivity contribution is 5.92. The summed E-state index contributed by atoms with van der Waals surface area (Å²) in [4.78, 5) is 14.0. The van der Waals surface area contributed by atoms with Crippen LogP contribution in [0.25, 0.3) is 0 Å². The summed E-state index contributed by atoms with van der Waals surface area (Å²) < 4.78 is 5.11. The van der Waals surface area contributed by atoms with Gasteiger partial charge < -0.3 is 10.1 Å². The molecule has 0 saturated carbocycles. The van der Waals surface area contributed by atoms with Gasteiger partial charge in [0.2, 0.25) is 5.91 Å². The molecule has 0 aliphatic heterocycles. The van der Waals surface area contributed by atoms with E-state index in [2.05, 4.69) is 5.32 Å². The molecule has 1 rings (SSSR count). The maximum atomic E-state index is 12.0. The molecule has 0 heterocycles. The van der Waals surface area contributed by atoms with Crippen LogP contribution in [0.3, 0.4) is 0 Å². The standard InChI is InChI=1S/C15H21N3O2/c1-4-18(12(2)11-20-3)10-15(19)17-14-7-5-6-13(8-14)9-16/h5-8,12H,4,10-11H2,1-3H3,(H,17,19). The van der Waals surface area contributed by atoms with Crippen LogP contribution in [-0.2, 0) is 9.53 Å². The molecule has 1 amide bonds. The second-order valence-corrected chi connectivity index (χ2v) is 4.61. The number of amides is 1. The van der Waals surface area contributed by atoms with E-state index in [0.29, 0.717) is 24.4 Å². The Labute approximate surface area is 120 Å². The Hall–Kier alpha value is -1.90. The fraction of sp³-hybridized carbons (Fsp3) is 0.467. The molecule has 1 unspecified atom stereocenters. The first kappa shape index (κ1) is 16.2. The molecule has 1 aromatic rings. The van der Waals surface area contributed by atoms with Crippen LogP contribution in [0.4, 0.5) is 5.69 Å². The van der Waals surface area contributed by atoms with E-state index in [0.717, 1.165) is 6.54 Å². The molecular weight excluding hydrogens is 254 g/mol. The van der Waals surface area contributed by atoms with Gasteiger partial charge in [0.15, 0.2) is 0 Å². The van der Waals surface area contributed by atoms with Crippen molar-refractivity contribution >= 4 is 11.6 Å². The number of hydrogen-bond donors (Lipinski definition) is 1. The number of carbonyl (C=O) groups excluding carboxylic acids is 1. The first-order valence-electron chi connectivity index (χ1n) is 6.63. The van der Waals surface area contributed by atoms with Crippen molar-refractivity contribution in [2.75, 3.05) is 32.1 Å². The van der Waals surface area contributed by atoms with Crippen molar-refractivity contribution < 1.29 is 9.53 Å². The molecule has 5 heteroatoms. The minimum Gasteiger partial charge on any atom is -0.383 e. The molecule has 0 spiro atoms. The first-order valence-corrected chi connectivity index (χ1v) is 6.63. The summed E-state index contributed by atoms with van der Waals surface area (Å²) in [6, 6.07) is 9.11. The highest BCUT2D eigenvalue weighted by Crippen LogP contribution is 2.10. The van der Waals surface area contributed by atoms with Crippen LogP contribution in [0.1, 0.15) is 19.4 Å². The van der Waals surface area contributed by atoms with Crippen molar-refractivity contribution in [1.29, 1.82) is 5.26 Å². The predicted octanol–water partition coefficient (Wildman–Crippen LogP) is 1.85. The zero-order valence-electron chi connectivity index (χ0n) is 12.2. The van der Waals surface area contributed by atoms with E-state index in [9.17, 15) is 4.79 Å². The predicted molar refractivity (Wildman–Crippen MR) is 78.4 cm³/mol. The van der Waals surface area contributed by atoms with Crippen LogP contribution in [0.2, 0.25) is 0 Å². The van der Waals surface area contributed by atoms with E-state index in [4.69, 9.17) is 10.00 Å². The number of nitrogens with one attached hydrogen (secondary N) is 1. The minimum atomic E-state index is -0.0927. The first-order chi connectivity index (χ1) is 9.60. The number of likely N-dealkylation sites (N-methyl/N-ethyl adjacent to an activating group) is 1. The molecule has 0 aromatic heterocycles. The molecule has 5 nitrogen and oxygen atoms in total. The lowest BCUT2D eigenvalue weighted by Gasteiger charge is -2.26. The summed E-state index contributed by atoms with van der Waals surface area (Å²) in [6.45, 7) is 5.70. The summed E-state index contributed by atoms with van der Waals surface area (Å²) in [5.41, 5.74) is 1.17. The maximum absolute atomic E-state index is 12.0. The van der Waals surface area contributed by atoms with Gasteiger partial charge in [0.05, 0.1) is 24.8 Å². The van der Waals surface area contributed by atoms with Gasteiger partial charge in [0.1, 0.15) is 0 Å². The average Bonchev–Trinajstić information content (AvgIpc) is 2.45. The SMILES string of the molecule is CCN(CC(=O)Nc1cccc(C#N)c1)C(C)COC. The van der Waals surface area contributed by atoms with Gasteiger partial charge in [-0.1, -0.05) is 13.0 Å². The smallest absolute Gasteiger partial charge is 0.238 e. The van der Waals surface area contributed by atoms with Crippen LogP contribution in [0.15, 0.2) is 24.3 Å². The average molecular weight is 275 g/mol. The molecule has 0 aliphatic carbocycles. The van der Waals surface area contributed by atoms with Gasteiger partial charge in [-0.2, -0.15) is 5.26 Å². The second kappa shape index (κ2) is 8.31. The van der Waals surface area contributed by atoms with Gasteiger partial charge >= 0.3 is 0 Å². The van der Waals surface area contributed by atoms with Crippen molar-refractivity contribution in [3.63, 3.8) is 0 Å². The number of methoxy groups -OCH3 is 1. The van der Waals surface area contributed by atoms with Gasteiger partial charge in [0.25, 0.3) is 0 Å². The van der Waals surface area contributed by atoms with Crippen LogP contribution < -0.4 is 5.32 Å². The molecule has 1 atom stereocenters. The van der Waals surface area contributed by atoms with Crippen LogP contribution in [0.5, 0.6) is 0 Å². The molecule has 108 valence electrons. The molecule has 0 fully saturated rings. The van der Waals surface area contributed by atoms with Crippen molar-refractivity contribution in [1.82, 2.24) is 4.90 Å². The normalized spacial score (nSPS) is 11.9. The fourth-order valence-electron chi connectivity index (χ4n) is 1.98. The van der Waals surface area contributed by atoms with Crippen molar-refractivity contribution in [2.24, 2.45) is 0 Å². The van der Waals surface area contributed by atoms with E-state index < -0.39 is 0 Å². The summed E-state index contributed by atoms with van der Waals surface area (Å²) >= 11 is 0. The lowest BCUT2D eigenvalue weighted by atomic mass is 10.2. The summed E-state index contributed by atoms with van der Waals surface area (Å²) in [5, 5.41) is 11.6. The quantitative estimate of drug-likeness (QED) is 0.825. The monoisotopic (exact) mass is 275 g/mol. The molecule has 0 aliphatic rings. The Morgan fingerprint density at radius 3 is 2.90 bits per heavy atom. The van der Waals surface area contributed by atoms with Crippen molar-refractivity contribution in [3.05, 3.63) is 29.8 Å². The third-order valence-electron chi connectivity index (χ3n) is 3.06. The fourth-order valence-corrected chi connectivity index (χ4v) is 1.98. The number of carbonyl (C=O) groups is 1. The lowest BCUT2D eigenvalue weighted by molar-refractivity contribution is -0.118. The number of nitrogens with zero attached hydrogens (tertiary/aromatic N) is 2. The molecule has 1 aromatic carbocycles. The Morgan fingerprint density at radius 2 is 2.30 bits per heavy atom. The molecule has 0 radical (unpaired) electrons. The lowest BCUT2D eigenvalue weighted by Crippen LogP contribution is -2.41. The van der Waals surface area contributed by atoms with E-state index in [-0.39, 0.29) is 11.9 Å². The highest BCUT2D eigenvalue weighted by Gasteiger charge is 2.15. The third kappa shape index (κ3) is 5.00. The highest BCUT2D eigenvalue weighted by atomic mass is 16.5. The van der Waals surface area contributed by atoms with Gasteiger partial charge in [-0.25, -0.2) is 0 Å². The Morgan fingerprint density at radius 1 is 1.55 bits per heavy atom. The van der Waals surface area contributed by atoms with E-state index in [1.807, 2.05) is 24.8 Å². The van der Waals surface area contributed by atoms with Gasteiger partial charge in [-0.05, 0) is 31.7 Å². The zero-order valence-corrected chi connectivity index (χ0v) is 12.2.